The highest BCUT2D eigenvalue weighted by Gasteiger charge is 2.42. The summed E-state index contributed by atoms with van der Waals surface area (Å²) >= 11 is 0. The molecule has 138 valence electrons. The number of carboxylic acid groups (broad SMARTS) is 2. The monoisotopic (exact) mass is 363 g/mol. The number of halogens is 1. The van der Waals surface area contributed by atoms with E-state index < -0.39 is 23.1 Å². The fourth-order valence-electron chi connectivity index (χ4n) is 3.15. The van der Waals surface area contributed by atoms with Crippen LogP contribution in [0.5, 0.6) is 5.75 Å². The van der Waals surface area contributed by atoms with Gasteiger partial charge in [0.2, 0.25) is 0 Å². The number of fused-ring (bicyclic) bond motifs is 1. The normalized spacial score (nSPS) is 22.1. The summed E-state index contributed by atoms with van der Waals surface area (Å²) in [5.41, 5.74) is -0.758. The smallest absolute Gasteiger partial charge is 0.334 e. The molecule has 1 aliphatic carbocycles. The quantitative estimate of drug-likeness (QED) is 0.653. The highest BCUT2D eigenvalue weighted by molar-refractivity contribution is 5.96. The molecule has 0 spiro atoms. The number of carboxylic acids is 2. The van der Waals surface area contributed by atoms with Gasteiger partial charge in [0.25, 0.3) is 0 Å². The molecule has 1 aromatic carbocycles. The molecule has 0 radical (unpaired) electrons. The second-order valence-corrected chi connectivity index (χ2v) is 6.05. The van der Waals surface area contributed by atoms with Gasteiger partial charge in [0.15, 0.2) is 0 Å². The molecule has 1 heterocycles. The van der Waals surface area contributed by atoms with Crippen molar-refractivity contribution in [3.8, 4) is 5.75 Å². The van der Waals surface area contributed by atoms with E-state index in [1.165, 1.54) is 12.1 Å². The van der Waals surface area contributed by atoms with Crippen LogP contribution in [0, 0.1) is 5.82 Å². The largest absolute Gasteiger partial charge is 0.490 e. The molecule has 3 rings (SSSR count). The summed E-state index contributed by atoms with van der Waals surface area (Å²) in [5.74, 6) is -2.73. The Hall–Kier alpha value is -2.71. The Morgan fingerprint density at radius 2 is 2.19 bits per heavy atom. The van der Waals surface area contributed by atoms with Crippen molar-refractivity contribution in [3.63, 3.8) is 0 Å². The van der Waals surface area contributed by atoms with Crippen LogP contribution in [0.3, 0.4) is 0 Å². The van der Waals surface area contributed by atoms with Crippen molar-refractivity contribution in [2.24, 2.45) is 0 Å². The van der Waals surface area contributed by atoms with Gasteiger partial charge in [-0.1, -0.05) is 12.2 Å². The first-order valence-electron chi connectivity index (χ1n) is 8.07. The molecule has 2 aliphatic rings. The molecule has 0 aromatic heterocycles. The van der Waals surface area contributed by atoms with Gasteiger partial charge in [0, 0.05) is 30.3 Å². The van der Waals surface area contributed by atoms with E-state index in [9.17, 15) is 19.1 Å². The number of morpholine rings is 1. The lowest BCUT2D eigenvalue weighted by Crippen LogP contribution is -2.56. The standard InChI is InChI=1S/C18H18FNO6/c19-14-4-5-15(12-3-1-2-11(12)14)25-10-18(9-20-6-7-26-18)13(17(23)24)8-16(21)22/h1-2,4-5,8,20H,3,6-7,9-10H2,(H,21,22)(H,23,24). The number of nitrogens with one attached hydrogen (secondary N) is 1. The van der Waals surface area contributed by atoms with Gasteiger partial charge in [-0.15, -0.1) is 0 Å². The number of ether oxygens (including phenoxy) is 2. The predicted octanol–water partition coefficient (Wildman–Crippen LogP) is 1.23. The Morgan fingerprint density at radius 1 is 1.38 bits per heavy atom. The molecule has 1 aliphatic heterocycles. The molecule has 1 unspecified atom stereocenters. The number of hydrogen-bond donors (Lipinski definition) is 3. The number of hydrogen-bond acceptors (Lipinski definition) is 5. The second kappa shape index (κ2) is 7.27. The minimum atomic E-state index is -1.46. The molecule has 0 bridgehead atoms. The predicted molar refractivity (Wildman–Crippen MR) is 89.5 cm³/mol. The summed E-state index contributed by atoms with van der Waals surface area (Å²) < 4.78 is 25.3. The van der Waals surface area contributed by atoms with Crippen LogP contribution in [0.4, 0.5) is 4.39 Å². The van der Waals surface area contributed by atoms with Crippen LogP contribution >= 0.6 is 0 Å². The van der Waals surface area contributed by atoms with E-state index in [-0.39, 0.29) is 25.6 Å². The first kappa shape index (κ1) is 18.1. The van der Waals surface area contributed by atoms with Gasteiger partial charge in [-0.3, -0.25) is 0 Å². The van der Waals surface area contributed by atoms with Crippen LogP contribution in [0.15, 0.2) is 29.9 Å². The molecule has 1 atom stereocenters. The van der Waals surface area contributed by atoms with Crippen LogP contribution in [-0.4, -0.2) is 54.1 Å². The van der Waals surface area contributed by atoms with E-state index in [2.05, 4.69) is 5.32 Å². The molecule has 0 saturated carbocycles. The van der Waals surface area contributed by atoms with Crippen molar-refractivity contribution in [1.82, 2.24) is 5.32 Å². The van der Waals surface area contributed by atoms with E-state index in [1.54, 1.807) is 6.08 Å². The zero-order valence-corrected chi connectivity index (χ0v) is 13.8. The number of benzene rings is 1. The Labute approximate surface area is 148 Å². The molecule has 1 saturated heterocycles. The van der Waals surface area contributed by atoms with Gasteiger partial charge in [-0.05, 0) is 18.6 Å². The van der Waals surface area contributed by atoms with Crippen LogP contribution in [0.1, 0.15) is 11.1 Å². The number of rotatable bonds is 6. The van der Waals surface area contributed by atoms with Crippen LogP contribution < -0.4 is 10.1 Å². The van der Waals surface area contributed by atoms with Crippen molar-refractivity contribution < 1.29 is 33.7 Å². The van der Waals surface area contributed by atoms with Gasteiger partial charge in [-0.25, -0.2) is 14.0 Å². The van der Waals surface area contributed by atoms with Crippen molar-refractivity contribution in [1.29, 1.82) is 0 Å². The summed E-state index contributed by atoms with van der Waals surface area (Å²) in [6, 6.07) is 2.76. The summed E-state index contributed by atoms with van der Waals surface area (Å²) in [4.78, 5) is 22.7. The molecule has 8 heteroatoms. The average molecular weight is 363 g/mol. The fraction of sp³-hybridized carbons (Fsp3) is 0.333. The third kappa shape index (κ3) is 3.47. The van der Waals surface area contributed by atoms with E-state index in [4.69, 9.17) is 14.6 Å². The van der Waals surface area contributed by atoms with Crippen molar-refractivity contribution >= 4 is 18.0 Å². The first-order valence-corrected chi connectivity index (χ1v) is 8.07. The summed E-state index contributed by atoms with van der Waals surface area (Å²) in [7, 11) is 0. The van der Waals surface area contributed by atoms with E-state index >= 15 is 0 Å². The van der Waals surface area contributed by atoms with E-state index in [0.717, 1.165) is 0 Å². The van der Waals surface area contributed by atoms with Crippen LogP contribution in [0.2, 0.25) is 0 Å². The Kier molecular flexibility index (Phi) is 5.06. The zero-order valence-electron chi connectivity index (χ0n) is 13.8. The highest BCUT2D eigenvalue weighted by atomic mass is 19.1. The lowest BCUT2D eigenvalue weighted by atomic mass is 9.92. The minimum Gasteiger partial charge on any atom is -0.490 e. The molecule has 1 fully saturated rings. The SMILES string of the molecule is O=C(O)C=C(C(=O)O)C1(COc2ccc(F)c3c2CC=C3)CNCCO1. The van der Waals surface area contributed by atoms with Crippen LogP contribution in [-0.2, 0) is 20.7 Å². The number of aliphatic carboxylic acids is 2. The lowest BCUT2D eigenvalue weighted by molar-refractivity contribution is -0.140. The molecule has 7 nitrogen and oxygen atoms in total. The molecular weight excluding hydrogens is 345 g/mol. The van der Waals surface area contributed by atoms with Crippen molar-refractivity contribution in [2.75, 3.05) is 26.3 Å². The molecular formula is C18H18FNO6. The third-order valence-electron chi connectivity index (χ3n) is 4.39. The zero-order chi connectivity index (χ0) is 18.7. The van der Waals surface area contributed by atoms with Gasteiger partial charge in [-0.2, -0.15) is 0 Å². The van der Waals surface area contributed by atoms with Crippen molar-refractivity contribution in [2.45, 2.75) is 12.0 Å². The summed E-state index contributed by atoms with van der Waals surface area (Å²) in [5, 5.41) is 21.5. The van der Waals surface area contributed by atoms with Gasteiger partial charge in [0.05, 0.1) is 12.2 Å². The Bertz CT molecular complexity index is 795. The fourth-order valence-corrected chi connectivity index (χ4v) is 3.15. The van der Waals surface area contributed by atoms with E-state index in [0.29, 0.717) is 35.9 Å². The average Bonchev–Trinajstić information content (AvgIpc) is 3.10. The van der Waals surface area contributed by atoms with E-state index in [1.807, 2.05) is 6.08 Å². The maximum atomic E-state index is 13.8. The summed E-state index contributed by atoms with van der Waals surface area (Å²) in [6.45, 7) is 0.581. The molecule has 0 amide bonds. The Balaban J connectivity index is 1.90. The minimum absolute atomic E-state index is 0.0834. The molecule has 3 N–H and O–H groups in total. The summed E-state index contributed by atoms with van der Waals surface area (Å²) in [6.07, 6.45) is 4.60. The third-order valence-corrected chi connectivity index (χ3v) is 4.39. The number of carbonyl (C=O) groups is 2. The maximum absolute atomic E-state index is 13.8. The van der Waals surface area contributed by atoms with Gasteiger partial charge in [0.1, 0.15) is 23.8 Å². The highest BCUT2D eigenvalue weighted by Crippen LogP contribution is 2.33. The second-order valence-electron chi connectivity index (χ2n) is 6.05. The molecule has 1 aromatic rings. The molecule has 26 heavy (non-hydrogen) atoms. The number of allylic oxidation sites excluding steroid dienone is 1. The lowest BCUT2D eigenvalue weighted by Gasteiger charge is -2.37. The van der Waals surface area contributed by atoms with Gasteiger partial charge < -0.3 is 25.0 Å². The topological polar surface area (TPSA) is 105 Å². The van der Waals surface area contributed by atoms with Crippen LogP contribution in [0.25, 0.3) is 6.08 Å². The Morgan fingerprint density at radius 3 is 2.85 bits per heavy atom. The first-order chi connectivity index (χ1) is 12.4. The van der Waals surface area contributed by atoms with Crippen molar-refractivity contribution in [3.05, 3.63) is 46.8 Å². The maximum Gasteiger partial charge on any atom is 0.334 e. The van der Waals surface area contributed by atoms with Gasteiger partial charge >= 0.3 is 11.9 Å².